The van der Waals surface area contributed by atoms with Crippen molar-refractivity contribution in [3.8, 4) is 0 Å². The number of benzene rings is 1. The lowest BCUT2D eigenvalue weighted by atomic mass is 10.3. The molecule has 1 aromatic rings. The Balaban J connectivity index is 2.52. The lowest BCUT2D eigenvalue weighted by Gasteiger charge is -2.07. The fourth-order valence-electron chi connectivity index (χ4n) is 0.907. The van der Waals surface area contributed by atoms with E-state index < -0.39 is 17.3 Å². The summed E-state index contributed by atoms with van der Waals surface area (Å²) >= 11 is 8.77. The molecule has 1 unspecified atom stereocenters. The lowest BCUT2D eigenvalue weighted by molar-refractivity contribution is -0.119. The molecule has 4 nitrogen and oxygen atoms in total. The van der Waals surface area contributed by atoms with Crippen molar-refractivity contribution in [2.45, 2.75) is 12.3 Å². The van der Waals surface area contributed by atoms with Crippen LogP contribution in [0.4, 0.5) is 10.5 Å². The SMILES string of the molecule is CC(Cl)C(=O)NC(=O)Nc1ccc(Br)cc1. The van der Waals surface area contributed by atoms with Gasteiger partial charge in [0.2, 0.25) is 5.91 Å². The summed E-state index contributed by atoms with van der Waals surface area (Å²) in [6, 6.07) is 6.37. The van der Waals surface area contributed by atoms with E-state index in [0.717, 1.165) is 4.47 Å². The Bertz CT molecular complexity index is 392. The first-order chi connectivity index (χ1) is 7.49. The zero-order chi connectivity index (χ0) is 12.1. The van der Waals surface area contributed by atoms with Crippen LogP contribution < -0.4 is 10.6 Å². The molecule has 0 heterocycles. The third-order valence-electron chi connectivity index (χ3n) is 1.70. The molecule has 0 radical (unpaired) electrons. The number of halogens is 2. The van der Waals surface area contributed by atoms with Gasteiger partial charge in [-0.15, -0.1) is 11.6 Å². The summed E-state index contributed by atoms with van der Waals surface area (Å²) in [5.74, 6) is -0.531. The van der Waals surface area contributed by atoms with Gasteiger partial charge >= 0.3 is 6.03 Å². The van der Waals surface area contributed by atoms with Gasteiger partial charge in [0.25, 0.3) is 0 Å². The van der Waals surface area contributed by atoms with E-state index in [1.54, 1.807) is 24.3 Å². The molecule has 6 heteroatoms. The number of alkyl halides is 1. The molecule has 0 aliphatic heterocycles. The van der Waals surface area contributed by atoms with E-state index in [0.29, 0.717) is 5.69 Å². The summed E-state index contributed by atoms with van der Waals surface area (Å²) in [7, 11) is 0. The minimum absolute atomic E-state index is 0.531. The van der Waals surface area contributed by atoms with Crippen LogP contribution in [0.2, 0.25) is 0 Å². The van der Waals surface area contributed by atoms with Crippen LogP contribution in [0, 0.1) is 0 Å². The summed E-state index contributed by atoms with van der Waals surface area (Å²) in [5, 5.41) is 3.87. The number of nitrogens with one attached hydrogen (secondary N) is 2. The van der Waals surface area contributed by atoms with E-state index >= 15 is 0 Å². The van der Waals surface area contributed by atoms with Gasteiger partial charge < -0.3 is 5.32 Å². The van der Waals surface area contributed by atoms with Crippen LogP contribution in [0.25, 0.3) is 0 Å². The molecule has 3 amide bonds. The fraction of sp³-hybridized carbons (Fsp3) is 0.200. The first kappa shape index (κ1) is 13.0. The molecule has 0 aliphatic rings. The predicted octanol–water partition coefficient (Wildman–Crippen LogP) is 2.72. The molecule has 1 aromatic carbocycles. The highest BCUT2D eigenvalue weighted by atomic mass is 79.9. The van der Waals surface area contributed by atoms with Crippen molar-refractivity contribution >= 4 is 45.2 Å². The Kier molecular flexibility index (Phi) is 4.76. The number of carbonyl (C=O) groups is 2. The highest BCUT2D eigenvalue weighted by Crippen LogP contribution is 2.13. The largest absolute Gasteiger partial charge is 0.325 e. The van der Waals surface area contributed by atoms with Crippen molar-refractivity contribution in [2.75, 3.05) is 5.32 Å². The van der Waals surface area contributed by atoms with Crippen molar-refractivity contribution in [2.24, 2.45) is 0 Å². The van der Waals surface area contributed by atoms with E-state index in [1.165, 1.54) is 6.92 Å². The minimum atomic E-state index is -0.740. The second kappa shape index (κ2) is 5.86. The molecule has 0 bridgehead atoms. The summed E-state index contributed by atoms with van der Waals surface area (Å²) < 4.78 is 0.906. The van der Waals surface area contributed by atoms with Crippen LogP contribution in [0.3, 0.4) is 0 Å². The minimum Gasteiger partial charge on any atom is -0.308 e. The first-order valence-corrected chi connectivity index (χ1v) is 5.73. The van der Waals surface area contributed by atoms with Gasteiger partial charge in [0.15, 0.2) is 0 Å². The maximum Gasteiger partial charge on any atom is 0.325 e. The molecule has 86 valence electrons. The number of rotatable bonds is 2. The number of urea groups is 1. The van der Waals surface area contributed by atoms with Crippen molar-refractivity contribution < 1.29 is 9.59 Å². The monoisotopic (exact) mass is 304 g/mol. The Morgan fingerprint density at radius 2 is 1.88 bits per heavy atom. The van der Waals surface area contributed by atoms with E-state index in [9.17, 15) is 9.59 Å². The number of amides is 3. The first-order valence-electron chi connectivity index (χ1n) is 4.50. The van der Waals surface area contributed by atoms with Gasteiger partial charge in [0.05, 0.1) is 0 Å². The number of hydrogen-bond donors (Lipinski definition) is 2. The van der Waals surface area contributed by atoms with Gasteiger partial charge in [-0.25, -0.2) is 4.79 Å². The molecular weight excluding hydrogens is 295 g/mol. The van der Waals surface area contributed by atoms with Crippen molar-refractivity contribution in [1.82, 2.24) is 5.32 Å². The van der Waals surface area contributed by atoms with Crippen LogP contribution in [0.1, 0.15) is 6.92 Å². The number of hydrogen-bond acceptors (Lipinski definition) is 2. The van der Waals surface area contributed by atoms with Crippen molar-refractivity contribution in [1.29, 1.82) is 0 Å². The Labute approximate surface area is 106 Å². The van der Waals surface area contributed by atoms with Crippen molar-refractivity contribution in [3.05, 3.63) is 28.7 Å². The Morgan fingerprint density at radius 3 is 2.38 bits per heavy atom. The fourth-order valence-corrected chi connectivity index (χ4v) is 1.23. The molecule has 0 saturated heterocycles. The smallest absolute Gasteiger partial charge is 0.308 e. The average molecular weight is 306 g/mol. The van der Waals surface area contributed by atoms with Gasteiger partial charge in [-0.1, -0.05) is 15.9 Å². The van der Waals surface area contributed by atoms with E-state index in [2.05, 4.69) is 26.6 Å². The summed E-state index contributed by atoms with van der Waals surface area (Å²) in [6.07, 6.45) is 0. The Hall–Kier alpha value is -1.07. The van der Waals surface area contributed by atoms with Gasteiger partial charge in [0, 0.05) is 10.2 Å². The van der Waals surface area contributed by atoms with E-state index in [-0.39, 0.29) is 0 Å². The molecule has 0 aliphatic carbocycles. The van der Waals surface area contributed by atoms with E-state index in [1.807, 2.05) is 0 Å². The maximum absolute atomic E-state index is 11.3. The summed E-state index contributed by atoms with van der Waals surface area (Å²) in [5.41, 5.74) is 0.593. The van der Waals surface area contributed by atoms with Crippen LogP contribution in [0.15, 0.2) is 28.7 Å². The van der Waals surface area contributed by atoms with Crippen LogP contribution >= 0.6 is 27.5 Å². The predicted molar refractivity (Wildman–Crippen MR) is 66.6 cm³/mol. The molecule has 1 atom stereocenters. The lowest BCUT2D eigenvalue weighted by Crippen LogP contribution is -2.38. The maximum atomic E-state index is 11.3. The molecule has 0 saturated carbocycles. The average Bonchev–Trinajstić information content (AvgIpc) is 2.21. The number of anilines is 1. The zero-order valence-corrected chi connectivity index (χ0v) is 10.8. The molecule has 2 N–H and O–H groups in total. The highest BCUT2D eigenvalue weighted by Gasteiger charge is 2.12. The van der Waals surface area contributed by atoms with Gasteiger partial charge in [-0.2, -0.15) is 0 Å². The number of imide groups is 1. The quantitative estimate of drug-likeness (QED) is 0.825. The second-order valence-corrected chi connectivity index (χ2v) is 4.64. The third kappa shape index (κ3) is 4.20. The van der Waals surface area contributed by atoms with Crippen LogP contribution in [-0.4, -0.2) is 17.3 Å². The summed E-state index contributed by atoms with van der Waals surface area (Å²) in [6.45, 7) is 1.49. The second-order valence-electron chi connectivity index (χ2n) is 3.07. The van der Waals surface area contributed by atoms with Crippen LogP contribution in [-0.2, 0) is 4.79 Å². The molecule has 0 aromatic heterocycles. The summed E-state index contributed by atoms with van der Waals surface area (Å²) in [4.78, 5) is 22.4. The van der Waals surface area contributed by atoms with Gasteiger partial charge in [0.1, 0.15) is 5.38 Å². The highest BCUT2D eigenvalue weighted by molar-refractivity contribution is 9.10. The Morgan fingerprint density at radius 1 is 1.31 bits per heavy atom. The normalized spacial score (nSPS) is 11.7. The topological polar surface area (TPSA) is 58.2 Å². The standard InChI is InChI=1S/C10H10BrClN2O2/c1-6(12)9(15)14-10(16)13-8-4-2-7(11)3-5-8/h2-6H,1H3,(H2,13,14,15,16). The zero-order valence-electron chi connectivity index (χ0n) is 8.46. The van der Waals surface area contributed by atoms with Crippen molar-refractivity contribution in [3.63, 3.8) is 0 Å². The van der Waals surface area contributed by atoms with E-state index in [4.69, 9.17) is 11.6 Å². The van der Waals surface area contributed by atoms with Gasteiger partial charge in [-0.3, -0.25) is 10.1 Å². The molecule has 0 fully saturated rings. The molecule has 0 spiro atoms. The number of carbonyl (C=O) groups excluding carboxylic acids is 2. The third-order valence-corrected chi connectivity index (χ3v) is 2.43. The van der Waals surface area contributed by atoms with Crippen LogP contribution in [0.5, 0.6) is 0 Å². The van der Waals surface area contributed by atoms with Gasteiger partial charge in [-0.05, 0) is 31.2 Å². The molecular formula is C10H10BrClN2O2. The molecule has 1 rings (SSSR count). The molecule has 16 heavy (non-hydrogen) atoms.